The van der Waals surface area contributed by atoms with E-state index in [-0.39, 0.29) is 5.54 Å². The first-order valence-electron chi connectivity index (χ1n) is 14.1. The average Bonchev–Trinajstić information content (AvgIpc) is 3.22. The number of hydrogen-bond acceptors (Lipinski definition) is 2. The SMILES string of the molecule is c1ccn2c(NC34CC5CC(CC(C5)C3)C4)c(-c3cc4ccc3CCc3ccc(cc3)CC4)nc2c1. The topological polar surface area (TPSA) is 29.3 Å². The summed E-state index contributed by atoms with van der Waals surface area (Å²) in [5, 5.41) is 4.23. The average molecular weight is 474 g/mol. The van der Waals surface area contributed by atoms with E-state index >= 15 is 0 Å². The zero-order valence-electron chi connectivity index (χ0n) is 21.0. The molecule has 3 heteroatoms. The minimum Gasteiger partial charge on any atom is -0.364 e. The van der Waals surface area contributed by atoms with Gasteiger partial charge in [-0.1, -0.05) is 42.5 Å². The number of nitrogens with zero attached hydrogens (tertiary/aromatic N) is 2. The number of aromatic nitrogens is 2. The second-order valence-corrected chi connectivity index (χ2v) is 12.4. The molecule has 36 heavy (non-hydrogen) atoms. The van der Waals surface area contributed by atoms with E-state index < -0.39 is 0 Å². The van der Waals surface area contributed by atoms with E-state index in [1.54, 1.807) is 0 Å². The predicted octanol–water partition coefficient (Wildman–Crippen LogP) is 7.27. The fourth-order valence-corrected chi connectivity index (χ4v) is 8.48. The fraction of sp³-hybridized carbons (Fsp3) is 0.424. The Labute approximate surface area is 214 Å². The lowest BCUT2D eigenvalue weighted by Gasteiger charge is -2.57. The molecule has 12 rings (SSSR count). The van der Waals surface area contributed by atoms with Crippen LogP contribution in [0.5, 0.6) is 0 Å². The third-order valence-electron chi connectivity index (χ3n) is 9.79. The standard InChI is InChI=1S/C33H35N3/c1-2-14-36-30(3-1)34-31(32(36)35-33-19-25-15-26(20-33)17-27(16-25)21-33)29-18-24-9-8-22-4-6-23(7-5-22)10-12-28(29)13-11-24/h1-7,11,13-14,18,25-27,35H,8-10,12,15-17,19-21H2. The number of nitrogens with one attached hydrogen (secondary N) is 1. The van der Waals surface area contributed by atoms with E-state index in [1.807, 2.05) is 0 Å². The molecule has 2 heterocycles. The predicted molar refractivity (Wildman–Crippen MR) is 146 cm³/mol. The Kier molecular flexibility index (Phi) is 4.66. The highest BCUT2D eigenvalue weighted by atomic mass is 15.2. The molecule has 8 aliphatic rings. The van der Waals surface area contributed by atoms with Crippen molar-refractivity contribution < 1.29 is 0 Å². The lowest BCUT2D eigenvalue weighted by atomic mass is 9.53. The first-order chi connectivity index (χ1) is 17.7. The molecule has 8 aliphatic carbocycles. The van der Waals surface area contributed by atoms with Gasteiger partial charge in [0.1, 0.15) is 17.2 Å². The smallest absolute Gasteiger partial charge is 0.139 e. The number of fused-ring (bicyclic) bond motifs is 1. The molecule has 4 fully saturated rings. The van der Waals surface area contributed by atoms with Crippen molar-refractivity contribution in [2.45, 2.75) is 69.7 Å². The van der Waals surface area contributed by atoms with Crippen molar-refractivity contribution in [2.24, 2.45) is 17.8 Å². The van der Waals surface area contributed by atoms with Gasteiger partial charge >= 0.3 is 0 Å². The monoisotopic (exact) mass is 473 g/mol. The first-order valence-corrected chi connectivity index (χ1v) is 14.1. The van der Waals surface area contributed by atoms with Gasteiger partial charge in [0.25, 0.3) is 0 Å². The maximum Gasteiger partial charge on any atom is 0.139 e. The largest absolute Gasteiger partial charge is 0.364 e. The molecule has 2 aromatic heterocycles. The number of anilines is 1. The highest BCUT2D eigenvalue weighted by Crippen LogP contribution is 2.57. The quantitative estimate of drug-likeness (QED) is 0.339. The van der Waals surface area contributed by atoms with E-state index in [9.17, 15) is 0 Å². The number of aryl methyl sites for hydroxylation is 4. The molecule has 4 saturated carbocycles. The van der Waals surface area contributed by atoms with Crippen LogP contribution < -0.4 is 5.32 Å². The Morgan fingerprint density at radius 1 is 0.722 bits per heavy atom. The molecule has 0 aliphatic heterocycles. The van der Waals surface area contributed by atoms with Crippen LogP contribution in [0.2, 0.25) is 0 Å². The summed E-state index contributed by atoms with van der Waals surface area (Å²) < 4.78 is 2.32. The van der Waals surface area contributed by atoms with Crippen LogP contribution in [0.25, 0.3) is 16.9 Å². The van der Waals surface area contributed by atoms with Crippen molar-refractivity contribution in [2.75, 3.05) is 5.32 Å². The number of imidazole rings is 1. The second-order valence-electron chi connectivity index (χ2n) is 12.4. The van der Waals surface area contributed by atoms with Gasteiger partial charge in [-0.25, -0.2) is 4.98 Å². The minimum absolute atomic E-state index is 0.245. The summed E-state index contributed by atoms with van der Waals surface area (Å²) >= 11 is 0. The summed E-state index contributed by atoms with van der Waals surface area (Å²) in [6.07, 6.45) is 14.9. The highest BCUT2D eigenvalue weighted by Gasteiger charge is 2.51. The fourth-order valence-electron chi connectivity index (χ4n) is 8.48. The summed E-state index contributed by atoms with van der Waals surface area (Å²) in [6, 6.07) is 22.9. The summed E-state index contributed by atoms with van der Waals surface area (Å²) in [6.45, 7) is 0. The molecule has 8 bridgehead atoms. The number of pyridine rings is 1. The molecule has 182 valence electrons. The molecule has 0 amide bonds. The maximum atomic E-state index is 5.29. The van der Waals surface area contributed by atoms with Gasteiger partial charge in [0.15, 0.2) is 0 Å². The summed E-state index contributed by atoms with van der Waals surface area (Å²) in [5.74, 6) is 3.98. The van der Waals surface area contributed by atoms with Crippen LogP contribution in [0, 0.1) is 17.8 Å². The van der Waals surface area contributed by atoms with Crippen LogP contribution in [0.1, 0.15) is 60.8 Å². The Bertz CT molecular complexity index is 1410. The van der Waals surface area contributed by atoms with Crippen LogP contribution in [-0.4, -0.2) is 14.9 Å². The molecule has 0 radical (unpaired) electrons. The van der Waals surface area contributed by atoms with Gasteiger partial charge in [-0.2, -0.15) is 0 Å². The third kappa shape index (κ3) is 3.50. The lowest BCUT2D eigenvalue weighted by Crippen LogP contribution is -2.55. The molecule has 4 aromatic rings. The van der Waals surface area contributed by atoms with Gasteiger partial charge < -0.3 is 5.32 Å². The van der Waals surface area contributed by atoms with Gasteiger partial charge in [-0.15, -0.1) is 0 Å². The summed E-state index contributed by atoms with van der Waals surface area (Å²) in [4.78, 5) is 5.29. The van der Waals surface area contributed by atoms with Crippen LogP contribution >= 0.6 is 0 Å². The third-order valence-corrected chi connectivity index (χ3v) is 9.79. The molecule has 0 saturated heterocycles. The van der Waals surface area contributed by atoms with Crippen molar-refractivity contribution in [3.63, 3.8) is 0 Å². The molecular weight excluding hydrogens is 438 g/mol. The lowest BCUT2D eigenvalue weighted by molar-refractivity contribution is 0.0105. The van der Waals surface area contributed by atoms with E-state index in [0.29, 0.717) is 0 Å². The Hall–Kier alpha value is -3.07. The Balaban J connectivity index is 1.25. The van der Waals surface area contributed by atoms with Crippen LogP contribution in [0.15, 0.2) is 66.9 Å². The molecule has 3 nitrogen and oxygen atoms in total. The van der Waals surface area contributed by atoms with Crippen molar-refractivity contribution in [3.05, 3.63) is 89.1 Å². The highest BCUT2D eigenvalue weighted by molar-refractivity contribution is 5.79. The summed E-state index contributed by atoms with van der Waals surface area (Å²) in [5.41, 5.74) is 9.47. The molecule has 2 aromatic carbocycles. The second kappa shape index (κ2) is 7.96. The minimum atomic E-state index is 0.245. The number of hydrogen-bond donors (Lipinski definition) is 1. The van der Waals surface area contributed by atoms with E-state index in [2.05, 4.69) is 76.6 Å². The van der Waals surface area contributed by atoms with Crippen LogP contribution in [0.4, 0.5) is 5.82 Å². The normalized spacial score (nSPS) is 28.4. The molecule has 0 atom stereocenters. The molecule has 0 spiro atoms. The van der Waals surface area contributed by atoms with Crippen LogP contribution in [-0.2, 0) is 25.7 Å². The van der Waals surface area contributed by atoms with Gasteiger partial charge in [0.2, 0.25) is 0 Å². The Morgan fingerprint density at radius 3 is 2.08 bits per heavy atom. The van der Waals surface area contributed by atoms with Crippen molar-refractivity contribution in [1.82, 2.24) is 9.38 Å². The molecule has 1 N–H and O–H groups in total. The van der Waals surface area contributed by atoms with E-state index in [0.717, 1.165) is 54.8 Å². The van der Waals surface area contributed by atoms with Crippen LogP contribution in [0.3, 0.4) is 0 Å². The van der Waals surface area contributed by atoms with Crippen molar-refractivity contribution >= 4 is 11.5 Å². The molecular formula is C33H35N3. The van der Waals surface area contributed by atoms with Crippen molar-refractivity contribution in [1.29, 1.82) is 0 Å². The maximum absolute atomic E-state index is 5.29. The summed E-state index contributed by atoms with van der Waals surface area (Å²) in [7, 11) is 0. The van der Waals surface area contributed by atoms with Gasteiger partial charge in [0.05, 0.1) is 0 Å². The zero-order chi connectivity index (χ0) is 23.7. The van der Waals surface area contributed by atoms with Gasteiger partial charge in [-0.3, -0.25) is 4.40 Å². The number of rotatable bonds is 3. The molecule has 0 unspecified atom stereocenters. The van der Waals surface area contributed by atoms with Gasteiger partial charge in [-0.05, 0) is 122 Å². The zero-order valence-corrected chi connectivity index (χ0v) is 21.0. The Morgan fingerprint density at radius 2 is 1.36 bits per heavy atom. The number of benzene rings is 2. The van der Waals surface area contributed by atoms with Crippen molar-refractivity contribution in [3.8, 4) is 11.3 Å². The van der Waals surface area contributed by atoms with Gasteiger partial charge in [0, 0.05) is 17.3 Å². The first kappa shape index (κ1) is 21.1. The van der Waals surface area contributed by atoms with E-state index in [4.69, 9.17) is 4.98 Å². The van der Waals surface area contributed by atoms with E-state index in [1.165, 1.54) is 72.2 Å².